The Balaban J connectivity index is 1.33. The number of rotatable bonds is 5. The lowest BCUT2D eigenvalue weighted by atomic mass is 9.84. The molecule has 0 amide bonds. The summed E-state index contributed by atoms with van der Waals surface area (Å²) in [7, 11) is 0. The maximum Gasteiger partial charge on any atom is 0.143 e. The summed E-state index contributed by atoms with van der Waals surface area (Å²) >= 11 is 0. The lowest BCUT2D eigenvalue weighted by Crippen LogP contribution is -2.12. The molecular formula is C50H38N2O. The summed E-state index contributed by atoms with van der Waals surface area (Å²) in [6.45, 7) is 6.85. The number of anilines is 3. The fraction of sp³-hybridized carbons (Fsp3) is 0.0800. The monoisotopic (exact) mass is 682 g/mol. The molecule has 0 bridgehead atoms. The van der Waals surface area contributed by atoms with Crippen LogP contribution in [0.3, 0.4) is 0 Å². The highest BCUT2D eigenvalue weighted by atomic mass is 16.3. The van der Waals surface area contributed by atoms with E-state index >= 15 is 0 Å². The van der Waals surface area contributed by atoms with Crippen LogP contribution < -0.4 is 4.90 Å². The molecule has 0 saturated carbocycles. The summed E-state index contributed by atoms with van der Waals surface area (Å²) in [4.78, 5) is 2.47. The average molecular weight is 683 g/mol. The zero-order valence-corrected chi connectivity index (χ0v) is 30.0. The zero-order chi connectivity index (χ0) is 35.7. The first-order chi connectivity index (χ1) is 26.0. The van der Waals surface area contributed by atoms with Crippen molar-refractivity contribution in [3.63, 3.8) is 0 Å². The molecule has 0 aliphatic rings. The predicted molar refractivity (Wildman–Crippen MR) is 224 cm³/mol. The Morgan fingerprint density at radius 2 is 1.09 bits per heavy atom. The third kappa shape index (κ3) is 4.96. The van der Waals surface area contributed by atoms with Gasteiger partial charge in [-0.2, -0.15) is 0 Å². The molecule has 2 heterocycles. The van der Waals surface area contributed by atoms with Crippen molar-refractivity contribution in [1.82, 2.24) is 4.57 Å². The number of fused-ring (bicyclic) bond motifs is 8. The van der Waals surface area contributed by atoms with E-state index in [-0.39, 0.29) is 5.41 Å². The van der Waals surface area contributed by atoms with Crippen LogP contribution in [0.2, 0.25) is 0 Å². The van der Waals surface area contributed by atoms with E-state index in [2.05, 4.69) is 206 Å². The van der Waals surface area contributed by atoms with Gasteiger partial charge in [-0.3, -0.25) is 0 Å². The molecule has 0 fully saturated rings. The standard InChI is InChI=1S/C50H38N2O/c1-50(2,3)41-23-14-27-46-47(41)40-32-45(37-20-10-11-21-38(37)49(40)53-46)52(36-30-28-34(29-31-36)33-16-6-4-7-17-33)44-26-15-25-43-48(44)39-22-12-13-24-42(39)51(43)35-18-8-5-9-19-35/h4-32H,1-3H3. The molecule has 3 nitrogen and oxygen atoms in total. The predicted octanol–water partition coefficient (Wildman–Crippen LogP) is 14.3. The molecule has 8 aromatic carbocycles. The largest absolute Gasteiger partial charge is 0.455 e. The van der Waals surface area contributed by atoms with Gasteiger partial charge in [0.05, 0.1) is 22.4 Å². The summed E-state index contributed by atoms with van der Waals surface area (Å²) in [5.74, 6) is 0. The Labute approximate surface area is 309 Å². The van der Waals surface area contributed by atoms with Gasteiger partial charge in [0.15, 0.2) is 0 Å². The quantitative estimate of drug-likeness (QED) is 0.180. The second kappa shape index (κ2) is 12.0. The molecule has 10 rings (SSSR count). The summed E-state index contributed by atoms with van der Waals surface area (Å²) < 4.78 is 9.16. The molecule has 0 aliphatic heterocycles. The third-order valence-electron chi connectivity index (χ3n) is 10.7. The number of hydrogen-bond acceptors (Lipinski definition) is 2. The first-order valence-corrected chi connectivity index (χ1v) is 18.4. The van der Waals surface area contributed by atoms with E-state index in [9.17, 15) is 0 Å². The van der Waals surface area contributed by atoms with Crippen molar-refractivity contribution in [2.45, 2.75) is 26.2 Å². The van der Waals surface area contributed by atoms with Gasteiger partial charge in [-0.05, 0) is 76.7 Å². The van der Waals surface area contributed by atoms with E-state index in [4.69, 9.17) is 4.42 Å². The van der Waals surface area contributed by atoms with Crippen molar-refractivity contribution in [3.05, 3.63) is 181 Å². The summed E-state index contributed by atoms with van der Waals surface area (Å²) in [5, 5.41) is 6.95. The number of hydrogen-bond donors (Lipinski definition) is 0. The van der Waals surface area contributed by atoms with Gasteiger partial charge in [-0.1, -0.05) is 142 Å². The molecule has 2 aromatic heterocycles. The minimum absolute atomic E-state index is 0.0695. The zero-order valence-electron chi connectivity index (χ0n) is 30.0. The van der Waals surface area contributed by atoms with Crippen LogP contribution in [0, 0.1) is 0 Å². The highest BCUT2D eigenvalue weighted by molar-refractivity contribution is 6.22. The number of furan rings is 1. The molecule has 0 N–H and O–H groups in total. The van der Waals surface area contributed by atoms with E-state index in [1.54, 1.807) is 0 Å². The van der Waals surface area contributed by atoms with Crippen LogP contribution in [0.25, 0.3) is 71.3 Å². The summed E-state index contributed by atoms with van der Waals surface area (Å²) in [6.07, 6.45) is 0. The van der Waals surface area contributed by atoms with E-state index in [1.165, 1.54) is 38.4 Å². The van der Waals surface area contributed by atoms with Gasteiger partial charge in [0.1, 0.15) is 11.2 Å². The van der Waals surface area contributed by atoms with Crippen molar-refractivity contribution in [2.75, 3.05) is 4.90 Å². The van der Waals surface area contributed by atoms with E-state index in [1.807, 2.05) is 0 Å². The Morgan fingerprint density at radius 1 is 0.472 bits per heavy atom. The molecule has 0 spiro atoms. The number of para-hydroxylation sites is 2. The normalized spacial score (nSPS) is 12.1. The number of benzene rings is 8. The Morgan fingerprint density at radius 3 is 1.85 bits per heavy atom. The van der Waals surface area contributed by atoms with Gasteiger partial charge in [0.2, 0.25) is 0 Å². The highest BCUT2D eigenvalue weighted by Gasteiger charge is 2.26. The van der Waals surface area contributed by atoms with Crippen LogP contribution in [-0.2, 0) is 5.41 Å². The molecule has 10 aromatic rings. The Kier molecular flexibility index (Phi) is 7.06. The molecule has 3 heteroatoms. The molecule has 0 saturated heterocycles. The molecule has 254 valence electrons. The van der Waals surface area contributed by atoms with Crippen molar-refractivity contribution >= 4 is 71.6 Å². The first-order valence-electron chi connectivity index (χ1n) is 18.4. The molecule has 0 radical (unpaired) electrons. The van der Waals surface area contributed by atoms with Crippen LogP contribution in [0.5, 0.6) is 0 Å². The molecule has 0 aliphatic carbocycles. The van der Waals surface area contributed by atoms with Gasteiger partial charge in [0.25, 0.3) is 0 Å². The van der Waals surface area contributed by atoms with E-state index in [0.29, 0.717) is 0 Å². The summed E-state index contributed by atoms with van der Waals surface area (Å²) in [5.41, 5.74) is 12.2. The van der Waals surface area contributed by atoms with Crippen LogP contribution in [-0.4, -0.2) is 4.57 Å². The molecular weight excluding hydrogens is 645 g/mol. The second-order valence-corrected chi connectivity index (χ2v) is 15.0. The van der Waals surface area contributed by atoms with Crippen LogP contribution in [0.1, 0.15) is 26.3 Å². The van der Waals surface area contributed by atoms with E-state index < -0.39 is 0 Å². The SMILES string of the molecule is CC(C)(C)c1cccc2oc3c4ccccc4c(N(c4ccc(-c5ccccc5)cc4)c4cccc5c4c4ccccc4n5-c4ccccc4)cc3c12. The van der Waals surface area contributed by atoms with E-state index in [0.717, 1.165) is 55.6 Å². The molecule has 53 heavy (non-hydrogen) atoms. The first kappa shape index (κ1) is 31.2. The van der Waals surface area contributed by atoms with Crippen molar-refractivity contribution in [1.29, 1.82) is 0 Å². The topological polar surface area (TPSA) is 21.3 Å². The lowest BCUT2D eigenvalue weighted by molar-refractivity contribution is 0.594. The smallest absolute Gasteiger partial charge is 0.143 e. The van der Waals surface area contributed by atoms with Gasteiger partial charge in [-0.15, -0.1) is 0 Å². The van der Waals surface area contributed by atoms with Gasteiger partial charge >= 0.3 is 0 Å². The van der Waals surface area contributed by atoms with Crippen LogP contribution >= 0.6 is 0 Å². The van der Waals surface area contributed by atoms with Crippen LogP contribution in [0.4, 0.5) is 17.1 Å². The minimum Gasteiger partial charge on any atom is -0.455 e. The van der Waals surface area contributed by atoms with Crippen LogP contribution in [0.15, 0.2) is 180 Å². The van der Waals surface area contributed by atoms with Crippen molar-refractivity contribution in [2.24, 2.45) is 0 Å². The number of aromatic nitrogens is 1. The van der Waals surface area contributed by atoms with Gasteiger partial charge in [-0.25, -0.2) is 0 Å². The number of nitrogens with zero attached hydrogens (tertiary/aromatic N) is 2. The second-order valence-electron chi connectivity index (χ2n) is 15.0. The Hall–Kier alpha value is -6.58. The fourth-order valence-electron chi connectivity index (χ4n) is 8.32. The van der Waals surface area contributed by atoms with Crippen molar-refractivity contribution < 1.29 is 4.42 Å². The Bertz CT molecular complexity index is 2960. The highest BCUT2D eigenvalue weighted by Crippen LogP contribution is 2.49. The minimum atomic E-state index is -0.0695. The van der Waals surface area contributed by atoms with Gasteiger partial charge in [0, 0.05) is 43.7 Å². The average Bonchev–Trinajstić information content (AvgIpc) is 3.75. The molecule has 0 atom stereocenters. The van der Waals surface area contributed by atoms with Gasteiger partial charge < -0.3 is 13.9 Å². The van der Waals surface area contributed by atoms with Crippen molar-refractivity contribution in [3.8, 4) is 16.8 Å². The maximum absolute atomic E-state index is 6.77. The lowest BCUT2D eigenvalue weighted by Gasteiger charge is -2.28. The maximum atomic E-state index is 6.77. The third-order valence-corrected chi connectivity index (χ3v) is 10.7. The molecule has 0 unspecified atom stereocenters. The fourth-order valence-corrected chi connectivity index (χ4v) is 8.32. The summed E-state index contributed by atoms with van der Waals surface area (Å²) in [6, 6.07) is 63.4.